The molecule has 2 aliphatic carbocycles. The number of hydrogen-bond acceptors (Lipinski definition) is 1. The van der Waals surface area contributed by atoms with Crippen molar-refractivity contribution >= 4 is 0 Å². The van der Waals surface area contributed by atoms with Gasteiger partial charge in [0.25, 0.3) is 0 Å². The predicted octanol–water partition coefficient (Wildman–Crippen LogP) is -0.423. The molecule has 1 saturated carbocycles. The lowest BCUT2D eigenvalue weighted by atomic mass is 9.93. The Kier molecular flexibility index (Phi) is 3.78. The summed E-state index contributed by atoms with van der Waals surface area (Å²) >= 11 is 0. The van der Waals surface area contributed by atoms with Gasteiger partial charge >= 0.3 is 0 Å². The van der Waals surface area contributed by atoms with E-state index < -0.39 is 0 Å². The number of rotatable bonds is 4. The van der Waals surface area contributed by atoms with Crippen LogP contribution >= 0.6 is 0 Å². The Bertz CT molecular complexity index is 490. The lowest BCUT2D eigenvalue weighted by Crippen LogP contribution is -3.27. The Labute approximate surface area is 127 Å². The van der Waals surface area contributed by atoms with Crippen molar-refractivity contribution in [2.75, 3.05) is 32.7 Å². The quantitative estimate of drug-likeness (QED) is 0.721. The van der Waals surface area contributed by atoms with E-state index in [1.807, 2.05) is 17.2 Å². The molecule has 3 nitrogen and oxygen atoms in total. The van der Waals surface area contributed by atoms with Crippen LogP contribution in [0.5, 0.6) is 0 Å². The molecule has 2 heterocycles. The van der Waals surface area contributed by atoms with Gasteiger partial charge in [0, 0.05) is 12.1 Å². The lowest BCUT2D eigenvalue weighted by molar-refractivity contribution is -1.02. The minimum absolute atomic E-state index is 0.918. The molecule has 3 atom stereocenters. The Balaban J connectivity index is 1.24. The number of hydrogen-bond donors (Lipinski definition) is 2. The molecule has 0 amide bonds. The summed E-state index contributed by atoms with van der Waals surface area (Å²) in [5, 5.41) is 0. The van der Waals surface area contributed by atoms with Gasteiger partial charge in [-0.1, -0.05) is 18.2 Å². The molecule has 0 radical (unpaired) electrons. The summed E-state index contributed by atoms with van der Waals surface area (Å²) in [7, 11) is 0. The van der Waals surface area contributed by atoms with Crippen molar-refractivity contribution in [2.45, 2.75) is 19.4 Å². The fourth-order valence-electron chi connectivity index (χ4n) is 4.60. The molecule has 0 spiro atoms. The number of nitrogens with one attached hydrogen (secondary N) is 2. The molecule has 1 saturated heterocycles. The molecule has 112 valence electrons. The van der Waals surface area contributed by atoms with Crippen LogP contribution in [0.15, 0.2) is 36.5 Å². The zero-order valence-electron chi connectivity index (χ0n) is 12.8. The van der Waals surface area contributed by atoms with Crippen LogP contribution < -0.4 is 9.80 Å². The van der Waals surface area contributed by atoms with Gasteiger partial charge < -0.3 is 9.80 Å². The average molecular weight is 285 g/mol. The van der Waals surface area contributed by atoms with Crippen molar-refractivity contribution in [3.05, 3.63) is 42.2 Å². The minimum atomic E-state index is 0.918. The van der Waals surface area contributed by atoms with Crippen LogP contribution in [0.3, 0.4) is 0 Å². The second kappa shape index (κ2) is 5.90. The van der Waals surface area contributed by atoms with Gasteiger partial charge in [-0.15, -0.1) is 0 Å². The maximum atomic E-state index is 4.47. The van der Waals surface area contributed by atoms with Gasteiger partial charge in [0.15, 0.2) is 0 Å². The Morgan fingerprint density at radius 1 is 1.00 bits per heavy atom. The van der Waals surface area contributed by atoms with E-state index >= 15 is 0 Å². The van der Waals surface area contributed by atoms with E-state index in [4.69, 9.17) is 0 Å². The third-order valence-electron chi connectivity index (χ3n) is 5.79. The second-order valence-electron chi connectivity index (χ2n) is 7.24. The van der Waals surface area contributed by atoms with Crippen LogP contribution in [0.1, 0.15) is 18.5 Å². The highest BCUT2D eigenvalue weighted by Crippen LogP contribution is 2.42. The van der Waals surface area contributed by atoms with E-state index in [2.05, 4.69) is 29.3 Å². The molecule has 2 bridgehead atoms. The minimum Gasteiger partial charge on any atom is -0.325 e. The Morgan fingerprint density at radius 2 is 1.86 bits per heavy atom. The Hall–Kier alpha value is -1.19. The van der Waals surface area contributed by atoms with E-state index in [1.54, 1.807) is 4.90 Å². The molecule has 1 aliphatic heterocycles. The zero-order valence-corrected chi connectivity index (χ0v) is 12.8. The van der Waals surface area contributed by atoms with Crippen LogP contribution in [-0.2, 0) is 6.54 Å². The van der Waals surface area contributed by atoms with Crippen LogP contribution in [-0.4, -0.2) is 37.7 Å². The molecular weight excluding hydrogens is 258 g/mol. The first-order valence-corrected chi connectivity index (χ1v) is 8.62. The normalized spacial score (nSPS) is 38.0. The molecule has 3 aliphatic rings. The number of allylic oxidation sites excluding steroid dienone is 2. The SMILES string of the molecule is C1=C[C@H]2C[C@@H]1C[C@H]2C[NH+]1CC[NH+](Cc2ccccn2)CC1. The van der Waals surface area contributed by atoms with Crippen molar-refractivity contribution in [3.63, 3.8) is 0 Å². The smallest absolute Gasteiger partial charge is 0.127 e. The summed E-state index contributed by atoms with van der Waals surface area (Å²) in [5.41, 5.74) is 1.24. The molecule has 3 heteroatoms. The van der Waals surface area contributed by atoms with Crippen molar-refractivity contribution in [1.29, 1.82) is 0 Å². The number of fused-ring (bicyclic) bond motifs is 2. The van der Waals surface area contributed by atoms with Crippen LogP contribution in [0, 0.1) is 17.8 Å². The maximum absolute atomic E-state index is 4.47. The second-order valence-corrected chi connectivity index (χ2v) is 7.24. The third kappa shape index (κ3) is 3.04. The summed E-state index contributed by atoms with van der Waals surface area (Å²) in [4.78, 5) is 8.03. The first kappa shape index (κ1) is 13.5. The van der Waals surface area contributed by atoms with E-state index in [1.165, 1.54) is 51.3 Å². The molecule has 2 N–H and O–H groups in total. The predicted molar refractivity (Wildman–Crippen MR) is 83.0 cm³/mol. The number of nitrogens with zero attached hydrogens (tertiary/aromatic N) is 1. The molecule has 1 aromatic rings. The average Bonchev–Trinajstić information content (AvgIpc) is 3.13. The number of quaternary nitrogens is 2. The van der Waals surface area contributed by atoms with Crippen molar-refractivity contribution in [3.8, 4) is 0 Å². The largest absolute Gasteiger partial charge is 0.325 e. The molecule has 0 unspecified atom stereocenters. The lowest BCUT2D eigenvalue weighted by Gasteiger charge is -2.32. The van der Waals surface area contributed by atoms with E-state index in [9.17, 15) is 0 Å². The van der Waals surface area contributed by atoms with Crippen molar-refractivity contribution in [1.82, 2.24) is 4.98 Å². The Morgan fingerprint density at radius 3 is 2.52 bits per heavy atom. The first-order valence-electron chi connectivity index (χ1n) is 8.62. The first-order chi connectivity index (χ1) is 10.4. The van der Waals surface area contributed by atoms with Gasteiger partial charge in [-0.2, -0.15) is 0 Å². The summed E-state index contributed by atoms with van der Waals surface area (Å²) < 4.78 is 0. The van der Waals surface area contributed by atoms with E-state index in [-0.39, 0.29) is 0 Å². The molecule has 4 rings (SSSR count). The van der Waals surface area contributed by atoms with Gasteiger partial charge in [-0.05, 0) is 36.8 Å². The van der Waals surface area contributed by atoms with E-state index in [0.717, 1.165) is 24.3 Å². The fraction of sp³-hybridized carbons (Fsp3) is 0.611. The van der Waals surface area contributed by atoms with Crippen molar-refractivity contribution < 1.29 is 9.80 Å². The third-order valence-corrected chi connectivity index (χ3v) is 5.79. The molecule has 21 heavy (non-hydrogen) atoms. The summed E-state index contributed by atoms with van der Waals surface area (Å²) in [6.45, 7) is 7.83. The van der Waals surface area contributed by atoms with Crippen LogP contribution in [0.25, 0.3) is 0 Å². The van der Waals surface area contributed by atoms with Crippen molar-refractivity contribution in [2.24, 2.45) is 17.8 Å². The topological polar surface area (TPSA) is 21.8 Å². The van der Waals surface area contributed by atoms with Gasteiger partial charge in [0.05, 0.1) is 12.2 Å². The monoisotopic (exact) mass is 285 g/mol. The van der Waals surface area contributed by atoms with E-state index in [0.29, 0.717) is 0 Å². The highest BCUT2D eigenvalue weighted by atomic mass is 15.3. The highest BCUT2D eigenvalue weighted by Gasteiger charge is 2.38. The summed E-state index contributed by atoms with van der Waals surface area (Å²) in [5.74, 6) is 2.82. The van der Waals surface area contributed by atoms with Gasteiger partial charge in [-0.3, -0.25) is 4.98 Å². The molecule has 1 aromatic heterocycles. The number of pyridine rings is 1. The summed E-state index contributed by atoms with van der Waals surface area (Å²) in [6, 6.07) is 6.27. The zero-order chi connectivity index (χ0) is 14.1. The molecular formula is C18H27N3+2. The maximum Gasteiger partial charge on any atom is 0.127 e. The van der Waals surface area contributed by atoms with Gasteiger partial charge in [0.1, 0.15) is 32.7 Å². The number of aromatic nitrogens is 1. The number of piperazine rings is 1. The highest BCUT2D eigenvalue weighted by molar-refractivity contribution is 5.09. The molecule has 0 aromatic carbocycles. The van der Waals surface area contributed by atoms with Crippen LogP contribution in [0.4, 0.5) is 0 Å². The van der Waals surface area contributed by atoms with Gasteiger partial charge in [0.2, 0.25) is 0 Å². The molecule has 2 fully saturated rings. The standard InChI is InChI=1S/C18H25N3/c1-2-6-19-18(3-1)14-21-9-7-20(8-10-21)13-17-12-15-4-5-16(17)11-15/h1-6,15-17H,7-14H2/p+2/t15-,16+,17+/m1/s1. The summed E-state index contributed by atoms with van der Waals surface area (Å²) in [6.07, 6.45) is 9.80. The van der Waals surface area contributed by atoms with Gasteiger partial charge in [-0.25, -0.2) is 0 Å². The fourth-order valence-corrected chi connectivity index (χ4v) is 4.60. The van der Waals surface area contributed by atoms with Crippen LogP contribution in [0.2, 0.25) is 0 Å².